The molecule has 1 fully saturated rings. The van der Waals surface area contributed by atoms with Crippen molar-refractivity contribution in [3.05, 3.63) is 100 Å². The number of nitrogens with zero attached hydrogens (tertiary/aromatic N) is 2. The lowest BCUT2D eigenvalue weighted by molar-refractivity contribution is -0.122. The first kappa shape index (κ1) is 23.7. The van der Waals surface area contributed by atoms with E-state index in [4.69, 9.17) is 4.74 Å². The first-order valence-corrected chi connectivity index (χ1v) is 11.4. The van der Waals surface area contributed by atoms with Gasteiger partial charge in [0.25, 0.3) is 23.6 Å². The van der Waals surface area contributed by atoms with Gasteiger partial charge < -0.3 is 4.74 Å². The van der Waals surface area contributed by atoms with E-state index in [2.05, 4.69) is 5.32 Å². The van der Waals surface area contributed by atoms with E-state index in [1.54, 1.807) is 60.7 Å². The zero-order valence-corrected chi connectivity index (χ0v) is 20.0. The number of fused-ring (bicyclic) bond motifs is 1. The number of carbonyl (C=O) groups excluding carboxylic acids is 5. The predicted octanol–water partition coefficient (Wildman–Crippen LogP) is 3.47. The molecule has 0 radical (unpaired) electrons. The standard InChI is InChI=1S/C28H21N3O6/c1-16-6-5-7-19(12-16)31-27(35)22(24(32)29-28(31)36)14-17-10-11-23(37-2)18(13-17)15-30-25(33)20-8-3-4-9-21(20)26(30)34/h3-14H,15H2,1-2H3,(H,29,32,36)/b22-14-. The number of carbonyl (C=O) groups is 5. The van der Waals surface area contributed by atoms with E-state index in [1.807, 2.05) is 13.0 Å². The smallest absolute Gasteiger partial charge is 0.335 e. The number of benzene rings is 3. The van der Waals surface area contributed by atoms with Crippen LogP contribution in [0.15, 0.2) is 72.3 Å². The van der Waals surface area contributed by atoms with Gasteiger partial charge in [-0.15, -0.1) is 0 Å². The maximum absolute atomic E-state index is 13.2. The lowest BCUT2D eigenvalue weighted by Crippen LogP contribution is -2.54. The topological polar surface area (TPSA) is 113 Å². The summed E-state index contributed by atoms with van der Waals surface area (Å²) in [6, 6.07) is 17.4. The highest BCUT2D eigenvalue weighted by atomic mass is 16.5. The Morgan fingerprint density at radius 1 is 0.838 bits per heavy atom. The molecule has 9 heteroatoms. The molecule has 0 saturated carbocycles. The van der Waals surface area contributed by atoms with Crippen molar-refractivity contribution in [2.24, 2.45) is 0 Å². The summed E-state index contributed by atoms with van der Waals surface area (Å²) in [5.74, 6) is -2.00. The molecular weight excluding hydrogens is 474 g/mol. The normalized spacial score (nSPS) is 16.4. The Morgan fingerprint density at radius 2 is 1.54 bits per heavy atom. The SMILES string of the molecule is COc1ccc(/C=C2/C(=O)NC(=O)N(c3cccc(C)c3)C2=O)cc1CN1C(=O)c2ccccc2C1=O. The van der Waals surface area contributed by atoms with Crippen LogP contribution in [0.5, 0.6) is 5.75 Å². The van der Waals surface area contributed by atoms with Crippen LogP contribution in [0.3, 0.4) is 0 Å². The fraction of sp³-hybridized carbons (Fsp3) is 0.107. The molecule has 2 heterocycles. The first-order chi connectivity index (χ1) is 17.8. The molecule has 2 aliphatic heterocycles. The van der Waals surface area contributed by atoms with Gasteiger partial charge in [0.2, 0.25) is 0 Å². The lowest BCUT2D eigenvalue weighted by atomic mass is 10.0. The minimum Gasteiger partial charge on any atom is -0.496 e. The van der Waals surface area contributed by atoms with Gasteiger partial charge >= 0.3 is 6.03 Å². The number of hydrogen-bond acceptors (Lipinski definition) is 6. The number of nitrogens with one attached hydrogen (secondary N) is 1. The van der Waals surface area contributed by atoms with Crippen molar-refractivity contribution in [1.82, 2.24) is 10.2 Å². The van der Waals surface area contributed by atoms with Gasteiger partial charge in [-0.1, -0.05) is 30.3 Å². The van der Waals surface area contributed by atoms with Crippen LogP contribution in [0.1, 0.15) is 37.4 Å². The van der Waals surface area contributed by atoms with Gasteiger partial charge in [0.15, 0.2) is 0 Å². The van der Waals surface area contributed by atoms with Crippen molar-refractivity contribution < 1.29 is 28.7 Å². The number of urea groups is 1. The summed E-state index contributed by atoms with van der Waals surface area (Å²) in [6.45, 7) is 1.76. The molecule has 3 aromatic rings. The molecule has 1 saturated heterocycles. The molecule has 1 N–H and O–H groups in total. The fourth-order valence-corrected chi connectivity index (χ4v) is 4.39. The highest BCUT2D eigenvalue weighted by Gasteiger charge is 2.37. The Balaban J connectivity index is 1.48. The van der Waals surface area contributed by atoms with E-state index in [0.29, 0.717) is 33.7 Å². The Kier molecular flexibility index (Phi) is 5.88. The van der Waals surface area contributed by atoms with Crippen LogP contribution in [0, 0.1) is 6.92 Å². The van der Waals surface area contributed by atoms with Crippen molar-refractivity contribution in [3.8, 4) is 5.75 Å². The van der Waals surface area contributed by atoms with Crippen molar-refractivity contribution in [2.45, 2.75) is 13.5 Å². The quantitative estimate of drug-likeness (QED) is 0.330. The fourth-order valence-electron chi connectivity index (χ4n) is 4.39. The van der Waals surface area contributed by atoms with E-state index in [-0.39, 0.29) is 12.1 Å². The minimum atomic E-state index is -0.834. The number of methoxy groups -OCH3 is 1. The zero-order chi connectivity index (χ0) is 26.3. The third kappa shape index (κ3) is 4.16. The largest absolute Gasteiger partial charge is 0.496 e. The van der Waals surface area contributed by atoms with Crippen LogP contribution in [0.25, 0.3) is 6.08 Å². The molecule has 2 aliphatic rings. The van der Waals surface area contributed by atoms with Crippen LogP contribution in [0.2, 0.25) is 0 Å². The number of rotatable bonds is 5. The van der Waals surface area contributed by atoms with E-state index in [9.17, 15) is 24.0 Å². The van der Waals surface area contributed by atoms with Crippen molar-refractivity contribution in [2.75, 3.05) is 12.0 Å². The molecule has 184 valence electrons. The van der Waals surface area contributed by atoms with Crippen LogP contribution >= 0.6 is 0 Å². The highest BCUT2D eigenvalue weighted by Crippen LogP contribution is 2.29. The number of aryl methyl sites for hydroxylation is 1. The molecule has 5 rings (SSSR count). The number of hydrogen-bond donors (Lipinski definition) is 1. The van der Waals surface area contributed by atoms with Crippen molar-refractivity contribution in [3.63, 3.8) is 0 Å². The molecule has 0 atom stereocenters. The minimum absolute atomic E-state index is 0.0689. The van der Waals surface area contributed by atoms with Gasteiger partial charge in [0, 0.05) is 5.56 Å². The molecule has 37 heavy (non-hydrogen) atoms. The summed E-state index contributed by atoms with van der Waals surface area (Å²) in [4.78, 5) is 66.0. The molecule has 3 aromatic carbocycles. The Bertz CT molecular complexity index is 1510. The average molecular weight is 495 g/mol. The molecule has 9 nitrogen and oxygen atoms in total. The van der Waals surface area contributed by atoms with E-state index < -0.39 is 29.7 Å². The van der Waals surface area contributed by atoms with Crippen molar-refractivity contribution >= 4 is 41.4 Å². The third-order valence-electron chi connectivity index (χ3n) is 6.18. The second kappa shape index (κ2) is 9.19. The van der Waals surface area contributed by atoms with Gasteiger partial charge in [0.1, 0.15) is 11.3 Å². The zero-order valence-electron chi connectivity index (χ0n) is 20.0. The summed E-state index contributed by atoms with van der Waals surface area (Å²) in [6.07, 6.45) is 1.36. The number of imide groups is 3. The maximum Gasteiger partial charge on any atom is 0.335 e. The Labute approximate surface area is 211 Å². The van der Waals surface area contributed by atoms with Gasteiger partial charge in [-0.2, -0.15) is 0 Å². The second-order valence-electron chi connectivity index (χ2n) is 8.61. The lowest BCUT2D eigenvalue weighted by Gasteiger charge is -2.26. The van der Waals surface area contributed by atoms with Gasteiger partial charge in [-0.3, -0.25) is 29.4 Å². The number of ether oxygens (including phenoxy) is 1. The summed E-state index contributed by atoms with van der Waals surface area (Å²) in [5.41, 5.74) is 2.55. The summed E-state index contributed by atoms with van der Waals surface area (Å²) in [5, 5.41) is 2.20. The first-order valence-electron chi connectivity index (χ1n) is 11.4. The molecule has 0 bridgehead atoms. The van der Waals surface area contributed by atoms with E-state index in [0.717, 1.165) is 15.4 Å². The third-order valence-corrected chi connectivity index (χ3v) is 6.18. The highest BCUT2D eigenvalue weighted by molar-refractivity contribution is 6.39. The molecule has 0 aromatic heterocycles. The Hall–Kier alpha value is -5.05. The average Bonchev–Trinajstić information content (AvgIpc) is 3.11. The predicted molar refractivity (Wildman–Crippen MR) is 134 cm³/mol. The van der Waals surface area contributed by atoms with Gasteiger partial charge in [-0.05, 0) is 60.5 Å². The summed E-state index contributed by atoms with van der Waals surface area (Å²) < 4.78 is 5.42. The van der Waals surface area contributed by atoms with Crippen LogP contribution in [0.4, 0.5) is 10.5 Å². The van der Waals surface area contributed by atoms with Gasteiger partial charge in [-0.25, -0.2) is 9.69 Å². The molecule has 0 unspecified atom stereocenters. The number of barbiturate groups is 1. The van der Waals surface area contributed by atoms with Crippen LogP contribution in [-0.4, -0.2) is 41.7 Å². The molecule has 0 spiro atoms. The number of anilines is 1. The summed E-state index contributed by atoms with van der Waals surface area (Å²) >= 11 is 0. The Morgan fingerprint density at radius 3 is 2.19 bits per heavy atom. The van der Waals surface area contributed by atoms with Crippen LogP contribution in [-0.2, 0) is 16.1 Å². The van der Waals surface area contributed by atoms with E-state index in [1.165, 1.54) is 13.2 Å². The molecule has 0 aliphatic carbocycles. The maximum atomic E-state index is 13.2. The molecular formula is C28H21N3O6. The van der Waals surface area contributed by atoms with Gasteiger partial charge in [0.05, 0.1) is 30.5 Å². The summed E-state index contributed by atoms with van der Waals surface area (Å²) in [7, 11) is 1.46. The second-order valence-corrected chi connectivity index (χ2v) is 8.61. The number of amides is 6. The monoisotopic (exact) mass is 495 g/mol. The van der Waals surface area contributed by atoms with Crippen molar-refractivity contribution in [1.29, 1.82) is 0 Å². The van der Waals surface area contributed by atoms with E-state index >= 15 is 0 Å². The molecule has 6 amide bonds. The van der Waals surface area contributed by atoms with Crippen LogP contribution < -0.4 is 15.0 Å².